The second-order valence-corrected chi connectivity index (χ2v) is 9.10. The van der Waals surface area contributed by atoms with Crippen molar-refractivity contribution < 1.29 is 4.79 Å². The molecule has 0 aromatic rings. The second kappa shape index (κ2) is 6.17. The largest absolute Gasteiger partial charge is 0.303 e. The number of nitrogens with zero attached hydrogens (tertiary/aromatic N) is 1. The van der Waals surface area contributed by atoms with E-state index in [1.165, 1.54) is 31.3 Å². The molecule has 2 aliphatic rings. The van der Waals surface area contributed by atoms with Crippen molar-refractivity contribution in [3.05, 3.63) is 0 Å². The van der Waals surface area contributed by atoms with Crippen LogP contribution in [0.2, 0.25) is 0 Å². The number of carbonyl (C=O) groups is 1. The fourth-order valence-corrected chi connectivity index (χ4v) is 4.45. The monoisotopic (exact) mass is 283 g/mol. The maximum atomic E-state index is 11.6. The van der Waals surface area contributed by atoms with Gasteiger partial charge in [0.1, 0.15) is 6.29 Å². The van der Waals surface area contributed by atoms with Crippen LogP contribution < -0.4 is 0 Å². The zero-order chi connectivity index (χ0) is 13.9. The number of aldehydes is 1. The fraction of sp³-hybridized carbons (Fsp3) is 0.938. The Morgan fingerprint density at radius 3 is 2.53 bits per heavy atom. The zero-order valence-corrected chi connectivity index (χ0v) is 13.6. The van der Waals surface area contributed by atoms with Crippen LogP contribution >= 0.6 is 11.8 Å². The van der Waals surface area contributed by atoms with Gasteiger partial charge in [0, 0.05) is 29.0 Å². The summed E-state index contributed by atoms with van der Waals surface area (Å²) in [5, 5.41) is 0. The van der Waals surface area contributed by atoms with E-state index in [4.69, 9.17) is 0 Å². The molecule has 2 nitrogen and oxygen atoms in total. The van der Waals surface area contributed by atoms with Crippen molar-refractivity contribution in [3.8, 4) is 0 Å². The minimum atomic E-state index is -0.0361. The molecule has 110 valence electrons. The summed E-state index contributed by atoms with van der Waals surface area (Å²) in [6, 6.07) is 0. The summed E-state index contributed by atoms with van der Waals surface area (Å²) in [7, 11) is 0. The molecule has 19 heavy (non-hydrogen) atoms. The molecule has 0 unspecified atom stereocenters. The van der Waals surface area contributed by atoms with Crippen LogP contribution in [0.5, 0.6) is 0 Å². The van der Waals surface area contributed by atoms with Gasteiger partial charge >= 0.3 is 0 Å². The predicted molar refractivity (Wildman–Crippen MR) is 83.7 cm³/mol. The van der Waals surface area contributed by atoms with Gasteiger partial charge in [-0.3, -0.25) is 0 Å². The van der Waals surface area contributed by atoms with E-state index in [0.717, 1.165) is 38.4 Å². The SMILES string of the molecule is CC1CCC(C=O)(CN2CCSC(C)(C)CC2)CC1. The van der Waals surface area contributed by atoms with Crippen molar-refractivity contribution in [2.24, 2.45) is 11.3 Å². The molecular formula is C16H29NOS. The van der Waals surface area contributed by atoms with E-state index in [1.807, 2.05) is 0 Å². The van der Waals surface area contributed by atoms with Crippen LogP contribution in [0.15, 0.2) is 0 Å². The summed E-state index contributed by atoms with van der Waals surface area (Å²) in [5.41, 5.74) is -0.0361. The maximum absolute atomic E-state index is 11.6. The molecule has 0 aromatic heterocycles. The standard InChI is InChI=1S/C16H29NOS/c1-14-4-6-16(13-18,7-5-14)12-17-9-8-15(2,3)19-11-10-17/h13-14H,4-12H2,1-3H3. The molecule has 2 fully saturated rings. The number of hydrogen-bond donors (Lipinski definition) is 0. The number of thioether (sulfide) groups is 1. The van der Waals surface area contributed by atoms with E-state index in [0.29, 0.717) is 4.75 Å². The summed E-state index contributed by atoms with van der Waals surface area (Å²) in [6.07, 6.45) is 7.18. The Hall–Kier alpha value is -0.0200. The number of rotatable bonds is 3. The average Bonchev–Trinajstić information content (AvgIpc) is 2.54. The molecule has 2 rings (SSSR count). The molecule has 0 radical (unpaired) electrons. The normalized spacial score (nSPS) is 36.7. The molecule has 0 N–H and O–H groups in total. The molecule has 0 atom stereocenters. The van der Waals surface area contributed by atoms with E-state index in [1.54, 1.807) is 0 Å². The Morgan fingerprint density at radius 1 is 1.21 bits per heavy atom. The molecule has 0 amide bonds. The van der Waals surface area contributed by atoms with Crippen molar-refractivity contribution in [1.82, 2.24) is 4.90 Å². The van der Waals surface area contributed by atoms with Gasteiger partial charge in [-0.2, -0.15) is 11.8 Å². The first-order chi connectivity index (χ1) is 8.95. The highest BCUT2D eigenvalue weighted by Crippen LogP contribution is 2.39. The third kappa shape index (κ3) is 4.22. The van der Waals surface area contributed by atoms with E-state index in [2.05, 4.69) is 37.4 Å². The van der Waals surface area contributed by atoms with E-state index in [9.17, 15) is 4.79 Å². The lowest BCUT2D eigenvalue weighted by Crippen LogP contribution is -2.42. The number of carbonyl (C=O) groups excluding carboxylic acids is 1. The molecule has 0 aromatic carbocycles. The van der Waals surface area contributed by atoms with Gasteiger partial charge in [-0.1, -0.05) is 20.8 Å². The van der Waals surface area contributed by atoms with Gasteiger partial charge in [0.2, 0.25) is 0 Å². The van der Waals surface area contributed by atoms with Crippen molar-refractivity contribution in [3.63, 3.8) is 0 Å². The van der Waals surface area contributed by atoms with Gasteiger partial charge in [-0.15, -0.1) is 0 Å². The van der Waals surface area contributed by atoms with Gasteiger partial charge in [0.15, 0.2) is 0 Å². The Morgan fingerprint density at radius 2 is 1.89 bits per heavy atom. The lowest BCUT2D eigenvalue weighted by Gasteiger charge is -2.38. The topological polar surface area (TPSA) is 20.3 Å². The van der Waals surface area contributed by atoms with Crippen LogP contribution in [0.1, 0.15) is 52.9 Å². The molecule has 1 heterocycles. The highest BCUT2D eigenvalue weighted by atomic mass is 32.2. The lowest BCUT2D eigenvalue weighted by atomic mass is 9.71. The summed E-state index contributed by atoms with van der Waals surface area (Å²) >= 11 is 2.08. The van der Waals surface area contributed by atoms with Crippen LogP contribution in [-0.4, -0.2) is 41.3 Å². The first-order valence-electron chi connectivity index (χ1n) is 7.77. The third-order valence-corrected chi connectivity index (χ3v) is 6.36. The van der Waals surface area contributed by atoms with E-state index >= 15 is 0 Å². The third-order valence-electron chi connectivity index (χ3n) is 4.99. The van der Waals surface area contributed by atoms with Crippen LogP contribution in [0.4, 0.5) is 0 Å². The Kier molecular flexibility index (Phi) is 4.99. The van der Waals surface area contributed by atoms with Crippen molar-refractivity contribution in [1.29, 1.82) is 0 Å². The minimum Gasteiger partial charge on any atom is -0.303 e. The summed E-state index contributed by atoms with van der Waals surface area (Å²) < 4.78 is 0.407. The average molecular weight is 283 g/mol. The van der Waals surface area contributed by atoms with Gasteiger partial charge in [-0.05, 0) is 44.6 Å². The zero-order valence-electron chi connectivity index (χ0n) is 12.8. The van der Waals surface area contributed by atoms with Gasteiger partial charge in [0.05, 0.1) is 0 Å². The first-order valence-corrected chi connectivity index (χ1v) is 8.76. The molecular weight excluding hydrogens is 254 g/mol. The molecule has 1 saturated carbocycles. The first kappa shape index (κ1) is 15.4. The highest BCUT2D eigenvalue weighted by molar-refractivity contribution is 8.00. The van der Waals surface area contributed by atoms with Crippen LogP contribution in [0.3, 0.4) is 0 Å². The minimum absolute atomic E-state index is 0.0361. The van der Waals surface area contributed by atoms with Gasteiger partial charge in [-0.25, -0.2) is 0 Å². The predicted octanol–water partition coefficient (Wildman–Crippen LogP) is 3.60. The van der Waals surface area contributed by atoms with E-state index < -0.39 is 0 Å². The summed E-state index contributed by atoms with van der Waals surface area (Å²) in [5.74, 6) is 2.02. The Labute approximate surface area is 122 Å². The van der Waals surface area contributed by atoms with Crippen molar-refractivity contribution in [2.45, 2.75) is 57.6 Å². The van der Waals surface area contributed by atoms with Gasteiger partial charge in [0.25, 0.3) is 0 Å². The summed E-state index contributed by atoms with van der Waals surface area (Å²) in [6.45, 7) is 10.3. The van der Waals surface area contributed by atoms with Crippen molar-refractivity contribution >= 4 is 18.0 Å². The van der Waals surface area contributed by atoms with Crippen LogP contribution in [0.25, 0.3) is 0 Å². The Balaban J connectivity index is 1.93. The summed E-state index contributed by atoms with van der Waals surface area (Å²) in [4.78, 5) is 14.2. The maximum Gasteiger partial charge on any atom is 0.127 e. The van der Waals surface area contributed by atoms with E-state index in [-0.39, 0.29) is 5.41 Å². The van der Waals surface area contributed by atoms with Crippen molar-refractivity contribution in [2.75, 3.05) is 25.4 Å². The molecule has 0 bridgehead atoms. The lowest BCUT2D eigenvalue weighted by molar-refractivity contribution is -0.119. The Bertz CT molecular complexity index is 308. The second-order valence-electron chi connectivity index (χ2n) is 7.30. The smallest absolute Gasteiger partial charge is 0.127 e. The molecule has 1 saturated heterocycles. The molecule has 0 spiro atoms. The fourth-order valence-electron chi connectivity index (χ4n) is 3.32. The number of hydrogen-bond acceptors (Lipinski definition) is 3. The van der Waals surface area contributed by atoms with Crippen LogP contribution in [0, 0.1) is 11.3 Å². The highest BCUT2D eigenvalue weighted by Gasteiger charge is 2.36. The van der Waals surface area contributed by atoms with Gasteiger partial charge < -0.3 is 9.69 Å². The molecule has 3 heteroatoms. The quantitative estimate of drug-likeness (QED) is 0.738. The molecule has 1 aliphatic heterocycles. The molecule has 1 aliphatic carbocycles. The van der Waals surface area contributed by atoms with Crippen LogP contribution in [-0.2, 0) is 4.79 Å².